The summed E-state index contributed by atoms with van der Waals surface area (Å²) in [6.45, 7) is 1.98. The summed E-state index contributed by atoms with van der Waals surface area (Å²) in [4.78, 5) is 27.7. The first kappa shape index (κ1) is 24.4. The molecule has 0 unspecified atom stereocenters. The van der Waals surface area contributed by atoms with Crippen LogP contribution >= 0.6 is 23.2 Å². The van der Waals surface area contributed by atoms with E-state index in [1.54, 1.807) is 30.0 Å². The Morgan fingerprint density at radius 2 is 1.81 bits per heavy atom. The summed E-state index contributed by atoms with van der Waals surface area (Å²) in [6.07, 6.45) is 6.12. The third kappa shape index (κ3) is 7.14. The molecular formula is C25H30Cl2N2O3. The van der Waals surface area contributed by atoms with E-state index in [1.165, 1.54) is 6.42 Å². The quantitative estimate of drug-likeness (QED) is 0.535. The van der Waals surface area contributed by atoms with Crippen molar-refractivity contribution in [1.82, 2.24) is 10.2 Å². The molecule has 1 aliphatic carbocycles. The Labute approximate surface area is 200 Å². The van der Waals surface area contributed by atoms with E-state index in [9.17, 15) is 9.59 Å². The van der Waals surface area contributed by atoms with Gasteiger partial charge in [0.15, 0.2) is 6.61 Å². The summed E-state index contributed by atoms with van der Waals surface area (Å²) >= 11 is 12.1. The average Bonchev–Trinajstić information content (AvgIpc) is 2.80. The Morgan fingerprint density at radius 1 is 1.09 bits per heavy atom. The minimum absolute atomic E-state index is 0.122. The summed E-state index contributed by atoms with van der Waals surface area (Å²) < 4.78 is 5.65. The molecule has 2 aromatic carbocycles. The molecule has 7 heteroatoms. The van der Waals surface area contributed by atoms with Gasteiger partial charge in [-0.05, 0) is 49.9 Å². The summed E-state index contributed by atoms with van der Waals surface area (Å²) in [5.41, 5.74) is 1.10. The second kappa shape index (κ2) is 12.1. The molecule has 0 heterocycles. The van der Waals surface area contributed by atoms with Gasteiger partial charge in [0.05, 0.1) is 5.02 Å². The number of nitrogens with one attached hydrogen (secondary N) is 1. The lowest BCUT2D eigenvalue weighted by Crippen LogP contribution is -2.52. The van der Waals surface area contributed by atoms with Crippen LogP contribution in [0.2, 0.25) is 10.0 Å². The number of hydrogen-bond donors (Lipinski definition) is 1. The predicted molar refractivity (Wildman–Crippen MR) is 128 cm³/mol. The maximum absolute atomic E-state index is 13.1. The maximum Gasteiger partial charge on any atom is 0.261 e. The normalized spacial score (nSPS) is 15.1. The van der Waals surface area contributed by atoms with Crippen LogP contribution in [0, 0.1) is 0 Å². The minimum atomic E-state index is -0.600. The highest BCUT2D eigenvalue weighted by Crippen LogP contribution is 2.27. The highest BCUT2D eigenvalue weighted by Gasteiger charge is 2.28. The number of halogens is 2. The average molecular weight is 477 g/mol. The predicted octanol–water partition coefficient (Wildman–Crippen LogP) is 5.28. The summed E-state index contributed by atoms with van der Waals surface area (Å²) in [5.74, 6) is -0.00665. The van der Waals surface area contributed by atoms with Crippen molar-refractivity contribution in [3.8, 4) is 5.75 Å². The van der Waals surface area contributed by atoms with Gasteiger partial charge in [-0.1, -0.05) is 72.8 Å². The van der Waals surface area contributed by atoms with Crippen LogP contribution in [0.1, 0.15) is 44.6 Å². The zero-order valence-electron chi connectivity index (χ0n) is 18.4. The van der Waals surface area contributed by atoms with Gasteiger partial charge in [-0.25, -0.2) is 0 Å². The third-order valence-electron chi connectivity index (χ3n) is 5.85. The molecule has 0 aromatic heterocycles. The lowest BCUT2D eigenvalue weighted by atomic mass is 9.95. The van der Waals surface area contributed by atoms with E-state index in [0.717, 1.165) is 31.2 Å². The van der Waals surface area contributed by atoms with Crippen molar-refractivity contribution >= 4 is 35.0 Å². The fourth-order valence-electron chi connectivity index (χ4n) is 3.95. The van der Waals surface area contributed by atoms with Gasteiger partial charge in [0.25, 0.3) is 5.91 Å². The van der Waals surface area contributed by atoms with Gasteiger partial charge in [-0.3, -0.25) is 9.59 Å². The lowest BCUT2D eigenvalue weighted by molar-refractivity contribution is -0.141. The molecule has 0 spiro atoms. The molecule has 0 radical (unpaired) electrons. The van der Waals surface area contributed by atoms with Gasteiger partial charge >= 0.3 is 0 Å². The van der Waals surface area contributed by atoms with Crippen LogP contribution in [0.5, 0.6) is 5.75 Å². The summed E-state index contributed by atoms with van der Waals surface area (Å²) in [7, 11) is 0. The van der Waals surface area contributed by atoms with E-state index >= 15 is 0 Å². The summed E-state index contributed by atoms with van der Waals surface area (Å²) in [6, 6.07) is 14.3. The molecule has 32 heavy (non-hydrogen) atoms. The number of carbonyl (C=O) groups is 2. The van der Waals surface area contributed by atoms with Gasteiger partial charge in [0, 0.05) is 17.6 Å². The molecule has 2 amide bonds. The standard InChI is InChI=1S/C25H30Cl2N2O3/c1-18(25(31)28-21-10-6-3-7-11-21)29(15-14-19-8-4-2-5-9-19)24(30)17-32-23-13-12-20(26)16-22(23)27/h2,4-5,8-9,12-13,16,18,21H,3,6-7,10-11,14-15,17H2,1H3,(H,28,31)/t18-/m0/s1. The van der Waals surface area contributed by atoms with Gasteiger partial charge in [0.2, 0.25) is 5.91 Å². The Bertz CT molecular complexity index is 901. The first-order valence-electron chi connectivity index (χ1n) is 11.2. The van der Waals surface area contributed by atoms with Crippen LogP contribution in [0.25, 0.3) is 0 Å². The molecule has 1 saturated carbocycles. The van der Waals surface area contributed by atoms with Crippen molar-refractivity contribution in [3.63, 3.8) is 0 Å². The number of carbonyl (C=O) groups excluding carboxylic acids is 2. The molecule has 5 nitrogen and oxygen atoms in total. The number of rotatable bonds is 9. The minimum Gasteiger partial charge on any atom is -0.482 e. The van der Waals surface area contributed by atoms with Crippen molar-refractivity contribution in [3.05, 3.63) is 64.1 Å². The van der Waals surface area contributed by atoms with E-state index < -0.39 is 6.04 Å². The van der Waals surface area contributed by atoms with Crippen molar-refractivity contribution in [2.24, 2.45) is 0 Å². The molecule has 0 bridgehead atoms. The van der Waals surface area contributed by atoms with Crippen molar-refractivity contribution in [2.75, 3.05) is 13.2 Å². The van der Waals surface area contributed by atoms with Crippen LogP contribution in [-0.2, 0) is 16.0 Å². The molecule has 0 aliphatic heterocycles. The number of amides is 2. The molecule has 172 valence electrons. The van der Waals surface area contributed by atoms with Crippen LogP contribution < -0.4 is 10.1 Å². The molecular weight excluding hydrogens is 447 g/mol. The lowest BCUT2D eigenvalue weighted by Gasteiger charge is -2.31. The van der Waals surface area contributed by atoms with E-state index in [1.807, 2.05) is 30.3 Å². The fourth-order valence-corrected chi connectivity index (χ4v) is 4.42. The number of benzene rings is 2. The highest BCUT2D eigenvalue weighted by atomic mass is 35.5. The monoisotopic (exact) mass is 476 g/mol. The topological polar surface area (TPSA) is 58.6 Å². The zero-order chi connectivity index (χ0) is 22.9. The highest BCUT2D eigenvalue weighted by molar-refractivity contribution is 6.35. The Kier molecular flexibility index (Phi) is 9.24. The zero-order valence-corrected chi connectivity index (χ0v) is 19.9. The van der Waals surface area contributed by atoms with Crippen molar-refractivity contribution in [2.45, 2.75) is 57.5 Å². The van der Waals surface area contributed by atoms with Gasteiger partial charge in [0.1, 0.15) is 11.8 Å². The first-order valence-corrected chi connectivity index (χ1v) is 11.9. The molecule has 1 fully saturated rings. The molecule has 1 atom stereocenters. The maximum atomic E-state index is 13.1. The Balaban J connectivity index is 1.66. The third-order valence-corrected chi connectivity index (χ3v) is 6.38. The number of nitrogens with zero attached hydrogens (tertiary/aromatic N) is 1. The molecule has 0 saturated heterocycles. The first-order chi connectivity index (χ1) is 15.4. The second-order valence-electron chi connectivity index (χ2n) is 8.21. The smallest absolute Gasteiger partial charge is 0.261 e. The number of ether oxygens (including phenoxy) is 1. The van der Waals surface area contributed by atoms with Gasteiger partial charge in [-0.2, -0.15) is 0 Å². The molecule has 1 aliphatic rings. The van der Waals surface area contributed by atoms with E-state index in [4.69, 9.17) is 27.9 Å². The molecule has 3 rings (SSSR count). The van der Waals surface area contributed by atoms with Crippen LogP contribution in [0.15, 0.2) is 48.5 Å². The van der Waals surface area contributed by atoms with E-state index in [0.29, 0.717) is 28.8 Å². The van der Waals surface area contributed by atoms with Crippen LogP contribution in [0.3, 0.4) is 0 Å². The van der Waals surface area contributed by atoms with Gasteiger partial charge < -0.3 is 15.0 Å². The van der Waals surface area contributed by atoms with Crippen LogP contribution in [-0.4, -0.2) is 41.9 Å². The fraction of sp³-hybridized carbons (Fsp3) is 0.440. The van der Waals surface area contributed by atoms with Crippen molar-refractivity contribution < 1.29 is 14.3 Å². The molecule has 1 N–H and O–H groups in total. The van der Waals surface area contributed by atoms with Crippen molar-refractivity contribution in [1.29, 1.82) is 0 Å². The largest absolute Gasteiger partial charge is 0.482 e. The SMILES string of the molecule is C[C@@H](C(=O)NC1CCCCC1)N(CCc1ccccc1)C(=O)COc1ccc(Cl)cc1Cl. The summed E-state index contributed by atoms with van der Waals surface area (Å²) in [5, 5.41) is 3.96. The molecule has 2 aromatic rings. The van der Waals surface area contributed by atoms with Gasteiger partial charge in [-0.15, -0.1) is 0 Å². The number of hydrogen-bond acceptors (Lipinski definition) is 3. The Morgan fingerprint density at radius 3 is 2.50 bits per heavy atom. The van der Waals surface area contributed by atoms with Crippen LogP contribution in [0.4, 0.5) is 0 Å². The second-order valence-corrected chi connectivity index (χ2v) is 9.05. The van der Waals surface area contributed by atoms with E-state index in [-0.39, 0.29) is 24.5 Å². The van der Waals surface area contributed by atoms with E-state index in [2.05, 4.69) is 5.32 Å². The Hall–Kier alpha value is -2.24.